The van der Waals surface area contributed by atoms with Crippen LogP contribution in [0.2, 0.25) is 0 Å². The van der Waals surface area contributed by atoms with Crippen molar-refractivity contribution in [2.24, 2.45) is 5.73 Å². The lowest BCUT2D eigenvalue weighted by Gasteiger charge is -2.06. The topological polar surface area (TPSA) is 83.6 Å². The van der Waals surface area contributed by atoms with E-state index in [1.165, 1.54) is 6.07 Å². The number of aromatic hydroxyl groups is 2. The second kappa shape index (κ2) is 5.55. The monoisotopic (exact) mass is 231 g/mol. The van der Waals surface area contributed by atoms with Crippen molar-refractivity contribution < 1.29 is 15.0 Å². The van der Waals surface area contributed by atoms with Gasteiger partial charge in [-0.05, 0) is 5.39 Å². The van der Waals surface area contributed by atoms with Crippen LogP contribution in [0.4, 0.5) is 0 Å². The Hall–Kier alpha value is -2.49. The van der Waals surface area contributed by atoms with Crippen molar-refractivity contribution in [1.82, 2.24) is 0 Å². The Balaban J connectivity index is 0.000000437. The maximum absolute atomic E-state index is 9.58. The second-order valence-electron chi connectivity index (χ2n) is 3.21. The van der Waals surface area contributed by atoms with E-state index in [4.69, 9.17) is 4.79 Å². The van der Waals surface area contributed by atoms with Gasteiger partial charge in [0, 0.05) is 17.0 Å². The predicted molar refractivity (Wildman–Crippen MR) is 67.6 cm³/mol. The van der Waals surface area contributed by atoms with E-state index in [1.807, 2.05) is 18.2 Å². The number of phenolic OH excluding ortho intramolecular Hbond substituents is 2. The van der Waals surface area contributed by atoms with Crippen LogP contribution in [0.1, 0.15) is 5.56 Å². The largest absolute Gasteiger partial charge is 0.507 e. The van der Waals surface area contributed by atoms with Crippen molar-refractivity contribution >= 4 is 23.3 Å². The highest BCUT2D eigenvalue weighted by Gasteiger charge is 2.07. The van der Waals surface area contributed by atoms with Gasteiger partial charge in [0.2, 0.25) is 6.41 Å². The summed E-state index contributed by atoms with van der Waals surface area (Å²) in [6, 6.07) is 8.67. The van der Waals surface area contributed by atoms with E-state index in [-0.39, 0.29) is 17.9 Å². The molecule has 0 aliphatic carbocycles. The van der Waals surface area contributed by atoms with E-state index in [0.29, 0.717) is 5.56 Å². The molecule has 88 valence electrons. The molecular weight excluding hydrogens is 218 g/mol. The van der Waals surface area contributed by atoms with Crippen LogP contribution in [0.5, 0.6) is 11.5 Å². The summed E-state index contributed by atoms with van der Waals surface area (Å²) in [4.78, 5) is 8.58. The number of rotatable bonds is 1. The fraction of sp³-hybridized carbons (Fsp3) is 0. The molecule has 0 spiro atoms. The molecule has 0 aliphatic heterocycles. The summed E-state index contributed by atoms with van der Waals surface area (Å²) >= 11 is 0. The third kappa shape index (κ3) is 2.55. The summed E-state index contributed by atoms with van der Waals surface area (Å²) in [5.74, 6) is 0.139. The van der Waals surface area contributed by atoms with E-state index >= 15 is 0 Å². The SMILES string of the molecule is C=Cc1c(O)cc(O)c2ccccc12.NC=O. The summed E-state index contributed by atoms with van der Waals surface area (Å²) in [7, 11) is 0. The summed E-state index contributed by atoms with van der Waals surface area (Å²) in [5, 5.41) is 20.7. The highest BCUT2D eigenvalue weighted by atomic mass is 16.3. The molecule has 1 amide bonds. The molecule has 0 saturated heterocycles. The number of hydrogen-bond donors (Lipinski definition) is 3. The summed E-state index contributed by atoms with van der Waals surface area (Å²) in [5.41, 5.74) is 4.82. The molecule has 17 heavy (non-hydrogen) atoms. The standard InChI is InChI=1S/C12H10O2.CH3NO/c1-2-8-9-5-3-4-6-10(9)12(14)7-11(8)13;2-1-3/h2-7,13-14H,1H2;1H,(H2,2,3). The van der Waals surface area contributed by atoms with Crippen LogP contribution >= 0.6 is 0 Å². The van der Waals surface area contributed by atoms with Crippen LogP contribution in [-0.4, -0.2) is 16.6 Å². The number of primary amides is 1. The Bertz CT molecular complexity index is 550. The number of fused-ring (bicyclic) bond motifs is 1. The normalized spacial score (nSPS) is 9.18. The Kier molecular flexibility index (Phi) is 4.11. The van der Waals surface area contributed by atoms with Gasteiger partial charge >= 0.3 is 0 Å². The number of phenols is 2. The lowest BCUT2D eigenvalue weighted by atomic mass is 10.0. The zero-order valence-corrected chi connectivity index (χ0v) is 9.13. The minimum Gasteiger partial charge on any atom is -0.507 e. The summed E-state index contributed by atoms with van der Waals surface area (Å²) in [6.07, 6.45) is 1.83. The van der Waals surface area contributed by atoms with Crippen LogP contribution < -0.4 is 5.73 Å². The average molecular weight is 231 g/mol. The van der Waals surface area contributed by atoms with Crippen molar-refractivity contribution in [3.63, 3.8) is 0 Å². The van der Waals surface area contributed by atoms with Crippen LogP contribution in [0, 0.1) is 0 Å². The molecule has 0 atom stereocenters. The predicted octanol–water partition coefficient (Wildman–Crippen LogP) is 2.00. The van der Waals surface area contributed by atoms with E-state index < -0.39 is 0 Å². The van der Waals surface area contributed by atoms with Crippen molar-refractivity contribution in [3.8, 4) is 11.5 Å². The number of hydrogen-bond acceptors (Lipinski definition) is 3. The first-order chi connectivity index (χ1) is 8.15. The zero-order valence-electron chi connectivity index (χ0n) is 9.13. The Morgan fingerprint density at radius 1 is 1.12 bits per heavy atom. The van der Waals surface area contributed by atoms with Crippen molar-refractivity contribution in [1.29, 1.82) is 0 Å². The Morgan fingerprint density at radius 2 is 1.65 bits per heavy atom. The summed E-state index contributed by atoms with van der Waals surface area (Å²) in [6.45, 7) is 3.63. The zero-order chi connectivity index (χ0) is 12.8. The van der Waals surface area contributed by atoms with Gasteiger partial charge in [-0.15, -0.1) is 0 Å². The fourth-order valence-electron chi connectivity index (χ4n) is 1.58. The molecule has 0 fully saturated rings. The molecule has 2 aromatic carbocycles. The van der Waals surface area contributed by atoms with Gasteiger partial charge in [0.05, 0.1) is 0 Å². The molecule has 2 rings (SSSR count). The van der Waals surface area contributed by atoms with Gasteiger partial charge in [-0.25, -0.2) is 0 Å². The second-order valence-corrected chi connectivity index (χ2v) is 3.21. The summed E-state index contributed by atoms with van der Waals surface area (Å²) < 4.78 is 0. The minimum atomic E-state index is 0.0520. The number of benzene rings is 2. The highest BCUT2D eigenvalue weighted by Crippen LogP contribution is 2.34. The van der Waals surface area contributed by atoms with Gasteiger partial charge in [0.15, 0.2) is 0 Å². The number of amides is 1. The van der Waals surface area contributed by atoms with Crippen molar-refractivity contribution in [3.05, 3.63) is 42.5 Å². The lowest BCUT2D eigenvalue weighted by molar-refractivity contribution is -0.106. The molecule has 4 heteroatoms. The molecule has 0 bridgehead atoms. The van der Waals surface area contributed by atoms with Crippen LogP contribution in [0.3, 0.4) is 0 Å². The van der Waals surface area contributed by atoms with Gasteiger partial charge in [0.25, 0.3) is 0 Å². The molecule has 0 aromatic heterocycles. The van der Waals surface area contributed by atoms with Crippen molar-refractivity contribution in [2.75, 3.05) is 0 Å². The molecule has 2 aromatic rings. The molecule has 0 unspecified atom stereocenters. The maximum Gasteiger partial charge on any atom is 0.204 e. The third-order valence-corrected chi connectivity index (χ3v) is 2.25. The van der Waals surface area contributed by atoms with Crippen LogP contribution in [0.25, 0.3) is 16.8 Å². The van der Waals surface area contributed by atoms with E-state index in [2.05, 4.69) is 12.3 Å². The third-order valence-electron chi connectivity index (χ3n) is 2.25. The van der Waals surface area contributed by atoms with Crippen LogP contribution in [-0.2, 0) is 4.79 Å². The molecule has 0 radical (unpaired) electrons. The average Bonchev–Trinajstić information content (AvgIpc) is 2.31. The smallest absolute Gasteiger partial charge is 0.204 e. The Morgan fingerprint density at radius 3 is 2.18 bits per heavy atom. The van der Waals surface area contributed by atoms with Gasteiger partial charge in [0.1, 0.15) is 11.5 Å². The van der Waals surface area contributed by atoms with E-state index in [0.717, 1.165) is 10.8 Å². The van der Waals surface area contributed by atoms with E-state index in [9.17, 15) is 10.2 Å². The Labute approximate surface area is 98.6 Å². The fourth-order valence-corrected chi connectivity index (χ4v) is 1.58. The number of nitrogens with two attached hydrogens (primary N) is 1. The molecule has 0 saturated carbocycles. The first kappa shape index (κ1) is 12.6. The van der Waals surface area contributed by atoms with Crippen LogP contribution in [0.15, 0.2) is 36.9 Å². The van der Waals surface area contributed by atoms with Gasteiger partial charge in [-0.2, -0.15) is 0 Å². The highest BCUT2D eigenvalue weighted by molar-refractivity contribution is 5.96. The first-order valence-corrected chi connectivity index (χ1v) is 4.87. The maximum atomic E-state index is 9.58. The van der Waals surface area contributed by atoms with Gasteiger partial charge in [-0.1, -0.05) is 36.9 Å². The molecule has 0 aliphatic rings. The molecule has 4 N–H and O–H groups in total. The van der Waals surface area contributed by atoms with Gasteiger partial charge in [-0.3, -0.25) is 4.79 Å². The number of carbonyl (C=O) groups excluding carboxylic acids is 1. The van der Waals surface area contributed by atoms with Gasteiger partial charge < -0.3 is 15.9 Å². The lowest BCUT2D eigenvalue weighted by Crippen LogP contribution is -1.82. The number of carbonyl (C=O) groups is 1. The first-order valence-electron chi connectivity index (χ1n) is 4.87. The molecular formula is C13H13NO3. The quantitative estimate of drug-likeness (QED) is 0.656. The molecule has 4 nitrogen and oxygen atoms in total. The minimum absolute atomic E-state index is 0.0520. The van der Waals surface area contributed by atoms with E-state index in [1.54, 1.807) is 12.1 Å². The van der Waals surface area contributed by atoms with Crippen molar-refractivity contribution in [2.45, 2.75) is 0 Å². The molecule has 0 heterocycles.